The largest absolute Gasteiger partial charge is 0.480 e. The normalized spacial score (nSPS) is 13.1. The lowest BCUT2D eigenvalue weighted by atomic mass is 9.98. The van der Waals surface area contributed by atoms with E-state index in [0.29, 0.717) is 5.65 Å². The highest BCUT2D eigenvalue weighted by molar-refractivity contribution is 5.88. The number of aryl methyl sites for hydroxylation is 1. The SMILES string of the molecule is C[C@@H](C(=O)O)N(C)C(=O)CCOCCOCCNC(=O)[C@H](CCC(=O)OC(C)(C)C)NC(=O)CCn1c(CN(C)N(C)C(=O)OCC2c3ccccc3-c3ccccc32)cc2cccnc21. The van der Waals surface area contributed by atoms with Gasteiger partial charge in [0.1, 0.15) is 29.9 Å². The summed E-state index contributed by atoms with van der Waals surface area (Å²) in [4.78, 5) is 82.0. The van der Waals surface area contributed by atoms with Crippen molar-refractivity contribution in [2.45, 2.75) is 90.1 Å². The number of hydrogen-bond acceptors (Lipinski definition) is 12. The third-order valence-corrected chi connectivity index (χ3v) is 11.2. The second-order valence-corrected chi connectivity index (χ2v) is 17.1. The van der Waals surface area contributed by atoms with Crippen molar-refractivity contribution in [1.82, 2.24) is 35.1 Å². The van der Waals surface area contributed by atoms with Gasteiger partial charge in [-0.1, -0.05) is 48.5 Å². The zero-order valence-corrected chi connectivity index (χ0v) is 38.9. The van der Waals surface area contributed by atoms with Gasteiger partial charge in [0.2, 0.25) is 17.7 Å². The Morgan fingerprint density at radius 2 is 1.50 bits per heavy atom. The summed E-state index contributed by atoms with van der Waals surface area (Å²) in [5.41, 5.74) is 5.22. The Kier molecular flexibility index (Phi) is 18.2. The predicted molar refractivity (Wildman–Crippen MR) is 245 cm³/mol. The van der Waals surface area contributed by atoms with Gasteiger partial charge in [-0.25, -0.2) is 24.6 Å². The molecule has 0 saturated carbocycles. The van der Waals surface area contributed by atoms with E-state index in [9.17, 15) is 28.8 Å². The van der Waals surface area contributed by atoms with Crippen molar-refractivity contribution in [3.63, 3.8) is 0 Å². The summed E-state index contributed by atoms with van der Waals surface area (Å²) >= 11 is 0. The summed E-state index contributed by atoms with van der Waals surface area (Å²) in [6.07, 6.45) is 1.01. The number of hydrogen-bond donors (Lipinski definition) is 3. The van der Waals surface area contributed by atoms with Crippen molar-refractivity contribution >= 4 is 46.8 Å². The van der Waals surface area contributed by atoms with Gasteiger partial charge >= 0.3 is 18.0 Å². The molecule has 0 spiro atoms. The highest BCUT2D eigenvalue weighted by Gasteiger charge is 2.30. The molecule has 4 aromatic rings. The van der Waals surface area contributed by atoms with E-state index in [0.717, 1.165) is 38.2 Å². The number of nitrogens with one attached hydrogen (secondary N) is 2. The quantitative estimate of drug-likeness (QED) is 0.0494. The molecule has 2 heterocycles. The van der Waals surface area contributed by atoms with E-state index in [4.69, 9.17) is 24.1 Å². The highest BCUT2D eigenvalue weighted by Crippen LogP contribution is 2.44. The van der Waals surface area contributed by atoms with Crippen molar-refractivity contribution in [1.29, 1.82) is 0 Å². The number of amides is 4. The molecule has 0 bridgehead atoms. The molecule has 0 saturated heterocycles. The van der Waals surface area contributed by atoms with E-state index in [1.54, 1.807) is 46.1 Å². The standard InChI is InChI=1S/C48H63N7O11/c1-32(46(60)61)53(6)42(57)21-25-63-27-28-64-26-23-50-45(59)40(18-19-43(58)66-48(2,3)4)51-41(56)20-24-55-34(29-33-13-12-22-49-44(33)55)30-52(5)54(7)47(62)65-31-39-37-16-10-8-14-35(37)36-15-9-11-17-38(36)39/h8-17,22,29,32,39-40H,18-21,23-28,30-31H2,1-7H3,(H,50,59)(H,51,56)(H,60,61)/t32-,40-/m0/s1. The molecule has 2 atom stereocenters. The molecule has 1 aliphatic carbocycles. The average molecular weight is 914 g/mol. The molecule has 66 heavy (non-hydrogen) atoms. The highest BCUT2D eigenvalue weighted by atomic mass is 16.6. The van der Waals surface area contributed by atoms with Gasteiger partial charge in [0.25, 0.3) is 0 Å². The van der Waals surface area contributed by atoms with Crippen LogP contribution in [0.2, 0.25) is 0 Å². The molecule has 0 unspecified atom stereocenters. The third-order valence-electron chi connectivity index (χ3n) is 11.2. The summed E-state index contributed by atoms with van der Waals surface area (Å²) in [6, 6.07) is 20.0. The maximum Gasteiger partial charge on any atom is 0.424 e. The van der Waals surface area contributed by atoms with Gasteiger partial charge in [-0.15, -0.1) is 0 Å². The minimum atomic E-state index is -1.10. The van der Waals surface area contributed by atoms with Crippen LogP contribution in [0.25, 0.3) is 22.2 Å². The molecule has 2 aromatic carbocycles. The Labute approximate surface area is 385 Å². The second kappa shape index (κ2) is 23.7. The van der Waals surface area contributed by atoms with Crippen LogP contribution in [0.1, 0.15) is 76.1 Å². The van der Waals surface area contributed by atoms with Crippen molar-refractivity contribution in [2.75, 3.05) is 60.7 Å². The van der Waals surface area contributed by atoms with Crippen LogP contribution in [0.5, 0.6) is 0 Å². The lowest BCUT2D eigenvalue weighted by molar-refractivity contribution is -0.155. The number of nitrogens with zero attached hydrogens (tertiary/aromatic N) is 5. The van der Waals surface area contributed by atoms with Gasteiger partial charge in [0, 0.05) is 70.3 Å². The number of carbonyl (C=O) groups excluding carboxylic acids is 5. The number of ether oxygens (including phenoxy) is 4. The number of esters is 1. The fraction of sp³-hybridized carbons (Fsp3) is 0.479. The van der Waals surface area contributed by atoms with E-state index in [1.807, 2.05) is 47.0 Å². The number of fused-ring (bicyclic) bond motifs is 4. The number of benzene rings is 2. The number of hydrazine groups is 1. The number of carboxylic acids is 1. The first-order valence-corrected chi connectivity index (χ1v) is 22.1. The number of carboxylic acid groups (broad SMARTS) is 1. The smallest absolute Gasteiger partial charge is 0.424 e. The Bertz CT molecular complexity index is 2280. The Morgan fingerprint density at radius 3 is 2.15 bits per heavy atom. The maximum atomic E-state index is 13.6. The Balaban J connectivity index is 1.13. The topological polar surface area (TPSA) is 211 Å². The number of pyridine rings is 1. The lowest BCUT2D eigenvalue weighted by Gasteiger charge is -2.28. The molecule has 0 fully saturated rings. The monoisotopic (exact) mass is 913 g/mol. The van der Waals surface area contributed by atoms with Gasteiger partial charge in [-0.3, -0.25) is 19.2 Å². The van der Waals surface area contributed by atoms with Crippen molar-refractivity contribution in [3.8, 4) is 11.1 Å². The lowest BCUT2D eigenvalue weighted by Crippen LogP contribution is -2.48. The molecule has 356 valence electrons. The Morgan fingerprint density at radius 1 is 0.848 bits per heavy atom. The van der Waals surface area contributed by atoms with Crippen LogP contribution in [0.3, 0.4) is 0 Å². The molecule has 0 aliphatic heterocycles. The predicted octanol–water partition coefficient (Wildman–Crippen LogP) is 4.73. The van der Waals surface area contributed by atoms with Crippen LogP contribution in [0.4, 0.5) is 4.79 Å². The van der Waals surface area contributed by atoms with Crippen molar-refractivity contribution in [3.05, 3.63) is 89.7 Å². The van der Waals surface area contributed by atoms with Gasteiger partial charge in [-0.05, 0) is 74.6 Å². The number of likely N-dealkylation sites (N-methyl/N-ethyl adjacent to an activating group) is 1. The molecular weight excluding hydrogens is 851 g/mol. The average Bonchev–Trinajstić information content (AvgIpc) is 3.80. The molecular formula is C48H63N7O11. The van der Waals surface area contributed by atoms with Gasteiger partial charge < -0.3 is 44.2 Å². The third kappa shape index (κ3) is 14.1. The minimum absolute atomic E-state index is 0.00735. The van der Waals surface area contributed by atoms with Crippen molar-refractivity contribution in [2.24, 2.45) is 0 Å². The number of aliphatic carboxylic acids is 1. The van der Waals surface area contributed by atoms with E-state index in [1.165, 1.54) is 19.0 Å². The maximum absolute atomic E-state index is 13.6. The fourth-order valence-corrected chi connectivity index (χ4v) is 7.50. The molecule has 3 N–H and O–H groups in total. The fourth-order valence-electron chi connectivity index (χ4n) is 7.50. The van der Waals surface area contributed by atoms with Crippen LogP contribution < -0.4 is 10.6 Å². The molecule has 1 aliphatic rings. The summed E-state index contributed by atoms with van der Waals surface area (Å²) in [7, 11) is 4.83. The summed E-state index contributed by atoms with van der Waals surface area (Å²) in [5, 5.41) is 18.6. The van der Waals surface area contributed by atoms with E-state index < -0.39 is 47.5 Å². The minimum Gasteiger partial charge on any atom is -0.480 e. The molecule has 4 amide bonds. The summed E-state index contributed by atoms with van der Waals surface area (Å²) < 4.78 is 24.2. The van der Waals surface area contributed by atoms with Gasteiger partial charge in [0.15, 0.2) is 0 Å². The molecule has 5 rings (SSSR count). The summed E-state index contributed by atoms with van der Waals surface area (Å²) in [6.45, 7) is 7.98. The van der Waals surface area contributed by atoms with Gasteiger partial charge in [0.05, 0.1) is 39.4 Å². The first-order chi connectivity index (χ1) is 31.4. The molecule has 2 aromatic heterocycles. The molecule has 0 radical (unpaired) electrons. The number of aromatic nitrogens is 2. The van der Waals surface area contributed by atoms with Crippen LogP contribution in [-0.2, 0) is 56.0 Å². The molecule has 18 heteroatoms. The zero-order chi connectivity index (χ0) is 48.0. The molecule has 18 nitrogen and oxygen atoms in total. The number of carbonyl (C=O) groups is 6. The summed E-state index contributed by atoms with van der Waals surface area (Å²) in [5.74, 6) is -2.98. The van der Waals surface area contributed by atoms with E-state index in [-0.39, 0.29) is 90.2 Å². The van der Waals surface area contributed by atoms with Crippen molar-refractivity contribution < 1.29 is 52.8 Å². The van der Waals surface area contributed by atoms with E-state index >= 15 is 0 Å². The van der Waals surface area contributed by atoms with Crippen LogP contribution in [0, 0.1) is 0 Å². The number of rotatable bonds is 24. The van der Waals surface area contributed by atoms with Crippen LogP contribution in [0.15, 0.2) is 72.9 Å². The first-order valence-electron chi connectivity index (χ1n) is 22.1. The zero-order valence-electron chi connectivity index (χ0n) is 38.9. The Hall–Kier alpha value is -6.37. The second-order valence-electron chi connectivity index (χ2n) is 17.1. The van der Waals surface area contributed by atoms with Gasteiger partial charge in [-0.2, -0.15) is 0 Å². The van der Waals surface area contributed by atoms with Crippen LogP contribution >= 0.6 is 0 Å². The van der Waals surface area contributed by atoms with E-state index in [2.05, 4.69) is 39.9 Å². The van der Waals surface area contributed by atoms with Crippen LogP contribution in [-0.4, -0.2) is 144 Å². The first kappa shape index (κ1) is 50.6.